The number of aliphatic hydroxyl groups is 1. The molecule has 4 aliphatic heterocycles. The Balaban J connectivity index is 1.22. The van der Waals surface area contributed by atoms with Gasteiger partial charge in [-0.05, 0) is 6.08 Å². The monoisotopic (exact) mass is 1090 g/mol. The highest BCUT2D eigenvalue weighted by Crippen LogP contribution is 2.21. The molecule has 0 aliphatic carbocycles. The van der Waals surface area contributed by atoms with Gasteiger partial charge < -0.3 is 69.2 Å². The molecule has 28 heteroatoms. The van der Waals surface area contributed by atoms with Crippen molar-refractivity contribution in [3.63, 3.8) is 0 Å². The third-order valence-corrected chi connectivity index (χ3v) is 11.4. The summed E-state index contributed by atoms with van der Waals surface area (Å²) in [4.78, 5) is 135. The standard InChI is InChI=1S/C49H70N8O20/c58-37(9-17-54-41(62)1-2-42(54)63)50-13-21-70-25-29-74-33-49(34-75-30-26-71-22-14-51-38(59)10-18-55-43(64)3-4-44(55)65,35-76-31-27-72-23-15-52-39(60)11-19-56-45(66)5-6-46(56)67)36-77-32-28-73-24-16-53-40(61)12-20-57-47(68)7-8-48(57)69/h1-8,41,62H,9-36H2,(H,50,58)(H,51,59)(H,52,60)(H,53,61). The van der Waals surface area contributed by atoms with Gasteiger partial charge in [0.05, 0.1) is 111 Å². The van der Waals surface area contributed by atoms with E-state index >= 15 is 0 Å². The first-order valence-electron chi connectivity index (χ1n) is 25.1. The van der Waals surface area contributed by atoms with E-state index < -0.39 is 47.1 Å². The van der Waals surface area contributed by atoms with Gasteiger partial charge in [0, 0.05) is 121 Å². The van der Waals surface area contributed by atoms with E-state index in [-0.39, 0.29) is 213 Å². The first kappa shape index (κ1) is 62.9. The average Bonchev–Trinajstić information content (AvgIpc) is 4.13. The third kappa shape index (κ3) is 24.5. The van der Waals surface area contributed by atoms with Crippen LogP contribution in [-0.4, -0.2) is 254 Å². The Labute approximate surface area is 444 Å². The van der Waals surface area contributed by atoms with E-state index in [9.17, 15) is 57.8 Å². The minimum absolute atomic E-state index is 0.00571. The quantitative estimate of drug-likeness (QED) is 0.0284. The zero-order valence-electron chi connectivity index (χ0n) is 43.0. The molecule has 4 rings (SSSR count). The minimum atomic E-state index is -1.06. The van der Waals surface area contributed by atoms with Gasteiger partial charge in [0.15, 0.2) is 0 Å². The Morgan fingerprint density at radius 1 is 0.377 bits per heavy atom. The Kier molecular flexibility index (Phi) is 29.1. The van der Waals surface area contributed by atoms with Crippen LogP contribution in [0, 0.1) is 5.41 Å². The Bertz CT molecular complexity index is 1920. The van der Waals surface area contributed by atoms with Crippen LogP contribution in [0.15, 0.2) is 48.6 Å². The summed E-state index contributed by atoms with van der Waals surface area (Å²) in [7, 11) is 0. The predicted molar refractivity (Wildman–Crippen MR) is 264 cm³/mol. The summed E-state index contributed by atoms with van der Waals surface area (Å²) < 4.78 is 46.8. The molecule has 0 radical (unpaired) electrons. The highest BCUT2D eigenvalue weighted by Gasteiger charge is 2.33. The maximum absolute atomic E-state index is 12.3. The first-order chi connectivity index (χ1) is 37.2. The number of nitrogens with zero attached hydrogens (tertiary/aromatic N) is 4. The molecule has 0 saturated carbocycles. The number of carbonyl (C=O) groups is 11. The Hall–Kier alpha value is -6.63. The van der Waals surface area contributed by atoms with E-state index in [0.29, 0.717) is 0 Å². The number of nitrogens with one attached hydrogen (secondary N) is 4. The third-order valence-electron chi connectivity index (χ3n) is 11.4. The summed E-state index contributed by atoms with van der Waals surface area (Å²) in [6.07, 6.45) is 8.20. The summed E-state index contributed by atoms with van der Waals surface area (Å²) in [6.45, 7) is 2.47. The second-order valence-corrected chi connectivity index (χ2v) is 17.3. The topological polar surface area (TPSA) is 343 Å². The van der Waals surface area contributed by atoms with Crippen LogP contribution in [0.2, 0.25) is 0 Å². The molecular weight excluding hydrogens is 1020 g/mol. The van der Waals surface area contributed by atoms with Crippen molar-refractivity contribution in [2.24, 2.45) is 5.41 Å². The maximum atomic E-state index is 12.3. The molecule has 28 nitrogen and oxygen atoms in total. The van der Waals surface area contributed by atoms with Crippen LogP contribution in [-0.2, 0) is 90.6 Å². The molecule has 4 aliphatic rings. The Morgan fingerprint density at radius 2 is 0.636 bits per heavy atom. The molecule has 0 saturated heterocycles. The van der Waals surface area contributed by atoms with Crippen molar-refractivity contribution in [1.82, 2.24) is 40.9 Å². The molecule has 0 aromatic carbocycles. The SMILES string of the molecule is O=C(CCN1C(=O)C=CC1=O)NCCOCCOCC(COCCOCCNC(=O)CCN1C(=O)C=CC1=O)(COCCOCCNC(=O)CCN1C(=O)C=CC1=O)COCCOCCNC(=O)CCN1C(=O)C=CC1O. The fourth-order valence-corrected chi connectivity index (χ4v) is 7.25. The molecule has 77 heavy (non-hydrogen) atoms. The molecule has 5 N–H and O–H groups in total. The van der Waals surface area contributed by atoms with Crippen LogP contribution in [0.25, 0.3) is 0 Å². The summed E-state index contributed by atoms with van der Waals surface area (Å²) in [5, 5.41) is 20.6. The lowest BCUT2D eigenvalue weighted by Gasteiger charge is -2.33. The molecule has 0 spiro atoms. The molecule has 426 valence electrons. The second kappa shape index (κ2) is 35.7. The molecule has 0 fully saturated rings. The number of ether oxygens (including phenoxy) is 8. The summed E-state index contributed by atoms with van der Waals surface area (Å²) in [5.41, 5.74) is -0.932. The van der Waals surface area contributed by atoms with Crippen LogP contribution < -0.4 is 21.3 Å². The average molecular weight is 1090 g/mol. The summed E-state index contributed by atoms with van der Waals surface area (Å²) >= 11 is 0. The van der Waals surface area contributed by atoms with Crippen molar-refractivity contribution in [2.45, 2.75) is 31.9 Å². The lowest BCUT2D eigenvalue weighted by atomic mass is 9.92. The maximum Gasteiger partial charge on any atom is 0.253 e. The summed E-state index contributed by atoms with van der Waals surface area (Å²) in [6, 6.07) is 0. The largest absolute Gasteiger partial charge is 0.378 e. The number of rotatable bonds is 44. The van der Waals surface area contributed by atoms with E-state index in [4.69, 9.17) is 37.9 Å². The van der Waals surface area contributed by atoms with Crippen molar-refractivity contribution < 1.29 is 95.7 Å². The van der Waals surface area contributed by atoms with E-state index in [2.05, 4.69) is 21.3 Å². The van der Waals surface area contributed by atoms with Crippen molar-refractivity contribution in [1.29, 1.82) is 0 Å². The summed E-state index contributed by atoms with van der Waals surface area (Å²) in [5.74, 6) is -4.62. The van der Waals surface area contributed by atoms with Crippen molar-refractivity contribution in [2.75, 3.05) is 158 Å². The van der Waals surface area contributed by atoms with Crippen molar-refractivity contribution >= 4 is 65.0 Å². The van der Waals surface area contributed by atoms with E-state index in [1.807, 2.05) is 0 Å². The van der Waals surface area contributed by atoms with Gasteiger partial charge >= 0.3 is 0 Å². The van der Waals surface area contributed by atoms with Gasteiger partial charge in [0.1, 0.15) is 6.23 Å². The smallest absolute Gasteiger partial charge is 0.253 e. The van der Waals surface area contributed by atoms with Crippen LogP contribution in [0.3, 0.4) is 0 Å². The van der Waals surface area contributed by atoms with Gasteiger partial charge in [0.25, 0.3) is 35.4 Å². The molecule has 0 bridgehead atoms. The van der Waals surface area contributed by atoms with E-state index in [0.717, 1.165) is 51.2 Å². The number of hydrogen-bond donors (Lipinski definition) is 5. The van der Waals surface area contributed by atoms with E-state index in [1.165, 1.54) is 17.1 Å². The van der Waals surface area contributed by atoms with Gasteiger partial charge in [-0.1, -0.05) is 0 Å². The van der Waals surface area contributed by atoms with Crippen molar-refractivity contribution in [3.05, 3.63) is 48.6 Å². The zero-order chi connectivity index (χ0) is 55.7. The molecule has 1 unspecified atom stereocenters. The van der Waals surface area contributed by atoms with Crippen LogP contribution >= 0.6 is 0 Å². The normalized spacial score (nSPS) is 16.1. The first-order valence-corrected chi connectivity index (χ1v) is 25.1. The van der Waals surface area contributed by atoms with Crippen LogP contribution in [0.5, 0.6) is 0 Å². The highest BCUT2D eigenvalue weighted by atomic mass is 16.6. The zero-order valence-corrected chi connectivity index (χ0v) is 43.0. The molecule has 0 aromatic heterocycles. The van der Waals surface area contributed by atoms with Gasteiger partial charge in [-0.25, -0.2) is 0 Å². The van der Waals surface area contributed by atoms with Gasteiger partial charge in [-0.2, -0.15) is 0 Å². The van der Waals surface area contributed by atoms with Gasteiger partial charge in [-0.3, -0.25) is 67.4 Å². The number of imide groups is 3. The molecule has 0 aromatic rings. The molecule has 1 atom stereocenters. The second-order valence-electron chi connectivity index (χ2n) is 17.3. The molecule has 11 amide bonds. The lowest BCUT2D eigenvalue weighted by molar-refractivity contribution is -0.139. The van der Waals surface area contributed by atoms with E-state index in [1.54, 1.807) is 0 Å². The lowest BCUT2D eigenvalue weighted by Crippen LogP contribution is -2.43. The minimum Gasteiger partial charge on any atom is -0.378 e. The van der Waals surface area contributed by atoms with Gasteiger partial charge in [0.2, 0.25) is 29.5 Å². The number of hydrogen-bond acceptors (Lipinski definition) is 20. The fourth-order valence-electron chi connectivity index (χ4n) is 7.25. The van der Waals surface area contributed by atoms with Crippen molar-refractivity contribution in [3.8, 4) is 0 Å². The van der Waals surface area contributed by atoms with Gasteiger partial charge in [-0.15, -0.1) is 0 Å². The molecular formula is C49H70N8O20. The van der Waals surface area contributed by atoms with Crippen LogP contribution in [0.4, 0.5) is 0 Å². The predicted octanol–water partition coefficient (Wildman–Crippen LogP) is -4.38. The fraction of sp³-hybridized carbons (Fsp3) is 0.612. The Morgan fingerprint density at radius 3 is 0.896 bits per heavy atom. The van der Waals surface area contributed by atoms with Crippen LogP contribution in [0.1, 0.15) is 25.7 Å². The number of carbonyl (C=O) groups excluding carboxylic acids is 11. The highest BCUT2D eigenvalue weighted by molar-refractivity contribution is 6.14. The number of aliphatic hydroxyl groups excluding tert-OH is 1. The molecule has 4 heterocycles. The number of amides is 11.